The highest BCUT2D eigenvalue weighted by Gasteiger charge is 2.33. The van der Waals surface area contributed by atoms with E-state index in [1.807, 2.05) is 0 Å². The minimum Gasteiger partial charge on any atom is -0.343 e. The molecule has 1 saturated heterocycles. The van der Waals surface area contributed by atoms with Crippen molar-refractivity contribution in [3.63, 3.8) is 0 Å². The normalized spacial score (nSPS) is 17.6. The highest BCUT2D eigenvalue weighted by Crippen LogP contribution is 2.22. The number of hydrogen-bond donors (Lipinski definition) is 2. The van der Waals surface area contributed by atoms with E-state index in [0.717, 1.165) is 4.31 Å². The van der Waals surface area contributed by atoms with Gasteiger partial charge in [0.2, 0.25) is 15.9 Å². The molecule has 1 aromatic rings. The van der Waals surface area contributed by atoms with E-state index in [2.05, 4.69) is 10.4 Å². The second-order valence-electron chi connectivity index (χ2n) is 4.15. The molecule has 0 aromatic carbocycles. The van der Waals surface area contributed by atoms with Gasteiger partial charge in [0.15, 0.2) is 5.82 Å². The summed E-state index contributed by atoms with van der Waals surface area (Å²) in [6.45, 7) is 0.449. The average Bonchev–Trinajstić information content (AvgIpc) is 2.41. The molecule has 1 fully saturated rings. The number of pyridine rings is 1. The summed E-state index contributed by atoms with van der Waals surface area (Å²) in [5.41, 5.74) is 2.25. The number of likely N-dealkylation sites (N-methyl/N-ethyl adjacent to an activating group) is 1. The number of aromatic nitrogens is 1. The Bertz CT molecular complexity index is 589. The molecule has 0 bridgehead atoms. The van der Waals surface area contributed by atoms with Gasteiger partial charge in [0.1, 0.15) is 4.90 Å². The molecule has 0 saturated carbocycles. The number of piperazine rings is 1. The fourth-order valence-electron chi connectivity index (χ4n) is 1.79. The summed E-state index contributed by atoms with van der Waals surface area (Å²) in [6.07, 6.45) is 1.43. The van der Waals surface area contributed by atoms with Crippen LogP contribution in [0.1, 0.15) is 0 Å². The number of anilines is 1. The van der Waals surface area contributed by atoms with Crippen LogP contribution < -0.4 is 11.3 Å². The third-order valence-electron chi connectivity index (χ3n) is 2.95. The van der Waals surface area contributed by atoms with E-state index < -0.39 is 10.0 Å². The van der Waals surface area contributed by atoms with Crippen LogP contribution in [-0.4, -0.2) is 55.2 Å². The molecule has 2 heterocycles. The summed E-state index contributed by atoms with van der Waals surface area (Å²) < 4.78 is 26.0. The Labute approximate surface area is 111 Å². The van der Waals surface area contributed by atoms with Crippen molar-refractivity contribution < 1.29 is 13.2 Å². The highest BCUT2D eigenvalue weighted by atomic mass is 32.2. The predicted molar refractivity (Wildman–Crippen MR) is 68.4 cm³/mol. The van der Waals surface area contributed by atoms with E-state index in [4.69, 9.17) is 5.84 Å². The summed E-state index contributed by atoms with van der Waals surface area (Å²) >= 11 is 0. The van der Waals surface area contributed by atoms with Gasteiger partial charge in [-0.2, -0.15) is 4.31 Å². The second-order valence-corrected chi connectivity index (χ2v) is 6.05. The van der Waals surface area contributed by atoms with Crippen molar-refractivity contribution in [2.24, 2.45) is 5.84 Å². The van der Waals surface area contributed by atoms with Crippen molar-refractivity contribution in [2.45, 2.75) is 4.90 Å². The number of nitrogens with zero attached hydrogens (tertiary/aromatic N) is 3. The highest BCUT2D eigenvalue weighted by molar-refractivity contribution is 7.89. The Morgan fingerprint density at radius 1 is 1.42 bits per heavy atom. The number of carbonyl (C=O) groups is 1. The largest absolute Gasteiger partial charge is 0.343 e. The van der Waals surface area contributed by atoms with Crippen LogP contribution in [0.25, 0.3) is 0 Å². The lowest BCUT2D eigenvalue weighted by molar-refractivity contribution is -0.132. The molecule has 19 heavy (non-hydrogen) atoms. The Morgan fingerprint density at radius 2 is 2.16 bits per heavy atom. The van der Waals surface area contributed by atoms with Gasteiger partial charge < -0.3 is 10.3 Å². The quantitative estimate of drug-likeness (QED) is 0.535. The summed E-state index contributed by atoms with van der Waals surface area (Å²) in [6, 6.07) is 2.91. The van der Waals surface area contributed by atoms with E-state index in [-0.39, 0.29) is 29.7 Å². The van der Waals surface area contributed by atoms with Crippen LogP contribution in [0.4, 0.5) is 5.82 Å². The van der Waals surface area contributed by atoms with Crippen molar-refractivity contribution in [2.75, 3.05) is 32.1 Å². The van der Waals surface area contributed by atoms with Gasteiger partial charge in [-0.25, -0.2) is 19.2 Å². The number of carbonyl (C=O) groups excluding carboxylic acids is 1. The van der Waals surface area contributed by atoms with Crippen molar-refractivity contribution in [3.8, 4) is 0 Å². The first kappa shape index (κ1) is 13.7. The number of sulfonamides is 1. The zero-order chi connectivity index (χ0) is 14.0. The Balaban J connectivity index is 2.35. The van der Waals surface area contributed by atoms with Crippen LogP contribution in [0.5, 0.6) is 0 Å². The topological polar surface area (TPSA) is 109 Å². The van der Waals surface area contributed by atoms with Gasteiger partial charge in [-0.1, -0.05) is 0 Å². The van der Waals surface area contributed by atoms with Crippen molar-refractivity contribution >= 4 is 21.7 Å². The Kier molecular flexibility index (Phi) is 3.69. The molecule has 2 rings (SSSR count). The molecule has 0 unspecified atom stereocenters. The molecule has 0 radical (unpaired) electrons. The molecular formula is C10H15N5O3S. The van der Waals surface area contributed by atoms with Crippen LogP contribution >= 0.6 is 0 Å². The number of nitrogen functional groups attached to an aromatic ring is 1. The first-order chi connectivity index (χ1) is 8.96. The zero-order valence-electron chi connectivity index (χ0n) is 10.4. The maximum Gasteiger partial charge on any atom is 0.247 e. The van der Waals surface area contributed by atoms with Gasteiger partial charge in [-0.3, -0.25) is 4.79 Å². The fraction of sp³-hybridized carbons (Fsp3) is 0.400. The third kappa shape index (κ3) is 2.53. The summed E-state index contributed by atoms with van der Waals surface area (Å²) in [5, 5.41) is 0. The number of nitrogens with one attached hydrogen (secondary N) is 1. The molecule has 1 aliphatic heterocycles. The fourth-order valence-corrected chi connectivity index (χ4v) is 3.28. The minimum absolute atomic E-state index is 0.0325. The lowest BCUT2D eigenvalue weighted by Crippen LogP contribution is -2.50. The van der Waals surface area contributed by atoms with Gasteiger partial charge >= 0.3 is 0 Å². The number of hydrazine groups is 1. The first-order valence-corrected chi connectivity index (χ1v) is 7.06. The van der Waals surface area contributed by atoms with Gasteiger partial charge in [-0.05, 0) is 12.1 Å². The van der Waals surface area contributed by atoms with E-state index in [9.17, 15) is 13.2 Å². The summed E-state index contributed by atoms with van der Waals surface area (Å²) in [4.78, 5) is 16.9. The van der Waals surface area contributed by atoms with E-state index in [0.29, 0.717) is 6.54 Å². The maximum absolute atomic E-state index is 12.4. The molecule has 0 spiro atoms. The number of amides is 1. The predicted octanol–water partition coefficient (Wildman–Crippen LogP) is -1.17. The van der Waals surface area contributed by atoms with Crippen LogP contribution in [0.2, 0.25) is 0 Å². The molecule has 1 aromatic heterocycles. The van der Waals surface area contributed by atoms with Crippen molar-refractivity contribution in [1.82, 2.24) is 14.2 Å². The van der Waals surface area contributed by atoms with Gasteiger partial charge in [-0.15, -0.1) is 0 Å². The van der Waals surface area contributed by atoms with Gasteiger partial charge in [0.25, 0.3) is 0 Å². The standard InChI is InChI=1S/C10H15N5O3S/c1-14-5-6-15(7-9(14)16)19(17,18)8-3-2-4-12-10(8)13-11/h2-4H,5-7,11H2,1H3,(H,12,13). The smallest absolute Gasteiger partial charge is 0.247 e. The SMILES string of the molecule is CN1CCN(S(=O)(=O)c2cccnc2NN)CC1=O. The van der Waals surface area contributed by atoms with Gasteiger partial charge in [0, 0.05) is 26.3 Å². The summed E-state index contributed by atoms with van der Waals surface area (Å²) in [5.74, 6) is 5.08. The minimum atomic E-state index is -3.78. The molecule has 9 heteroatoms. The molecule has 8 nitrogen and oxygen atoms in total. The molecule has 1 amide bonds. The second kappa shape index (κ2) is 5.11. The molecule has 0 atom stereocenters. The Morgan fingerprint density at radius 3 is 2.79 bits per heavy atom. The number of rotatable bonds is 3. The van der Waals surface area contributed by atoms with E-state index in [1.165, 1.54) is 23.2 Å². The van der Waals surface area contributed by atoms with Crippen LogP contribution in [0.3, 0.4) is 0 Å². The molecule has 3 N–H and O–H groups in total. The lowest BCUT2D eigenvalue weighted by atomic mass is 10.4. The number of hydrogen-bond acceptors (Lipinski definition) is 6. The lowest BCUT2D eigenvalue weighted by Gasteiger charge is -2.31. The Hall–Kier alpha value is -1.71. The average molecular weight is 285 g/mol. The zero-order valence-corrected chi connectivity index (χ0v) is 11.2. The van der Waals surface area contributed by atoms with Crippen LogP contribution in [0.15, 0.2) is 23.2 Å². The third-order valence-corrected chi connectivity index (χ3v) is 4.82. The summed E-state index contributed by atoms with van der Waals surface area (Å²) in [7, 11) is -2.14. The van der Waals surface area contributed by atoms with Crippen molar-refractivity contribution in [1.29, 1.82) is 0 Å². The van der Waals surface area contributed by atoms with Crippen LogP contribution in [-0.2, 0) is 14.8 Å². The van der Waals surface area contributed by atoms with E-state index >= 15 is 0 Å². The molecule has 0 aliphatic carbocycles. The monoisotopic (exact) mass is 285 g/mol. The van der Waals surface area contributed by atoms with Crippen LogP contribution in [0, 0.1) is 0 Å². The van der Waals surface area contributed by atoms with Crippen molar-refractivity contribution in [3.05, 3.63) is 18.3 Å². The van der Waals surface area contributed by atoms with Gasteiger partial charge in [0.05, 0.1) is 6.54 Å². The first-order valence-electron chi connectivity index (χ1n) is 5.62. The maximum atomic E-state index is 12.4. The molecule has 104 valence electrons. The molecule has 1 aliphatic rings. The van der Waals surface area contributed by atoms with E-state index in [1.54, 1.807) is 7.05 Å². The molecular weight excluding hydrogens is 270 g/mol. The number of nitrogens with two attached hydrogens (primary N) is 1.